The summed E-state index contributed by atoms with van der Waals surface area (Å²) in [5.41, 5.74) is 4.12. The number of rotatable bonds is 11. The van der Waals surface area contributed by atoms with E-state index in [1.54, 1.807) is 12.3 Å². The van der Waals surface area contributed by atoms with Crippen LogP contribution >= 0.6 is 0 Å². The van der Waals surface area contributed by atoms with Crippen molar-refractivity contribution >= 4 is 38.2 Å². The number of allylic oxidation sites excluding steroid dienone is 5. The molecule has 0 saturated carbocycles. The van der Waals surface area contributed by atoms with Crippen molar-refractivity contribution in [3.8, 4) is 0 Å². The van der Waals surface area contributed by atoms with Crippen LogP contribution in [0.5, 0.6) is 0 Å². The molecule has 1 N–H and O–H groups in total. The molecule has 0 radical (unpaired) electrons. The number of fused-ring (bicyclic) bond motifs is 3. The zero-order valence-electron chi connectivity index (χ0n) is 22.3. The predicted molar refractivity (Wildman–Crippen MR) is 156 cm³/mol. The van der Waals surface area contributed by atoms with Gasteiger partial charge < -0.3 is 9.87 Å². The van der Waals surface area contributed by atoms with Crippen molar-refractivity contribution in [2.45, 2.75) is 38.5 Å². The predicted octanol–water partition coefficient (Wildman–Crippen LogP) is 5.53. The number of amides is 1. The summed E-state index contributed by atoms with van der Waals surface area (Å²) < 4.78 is 35.5. The highest BCUT2D eigenvalue weighted by Crippen LogP contribution is 2.44. The first-order chi connectivity index (χ1) is 18.7. The monoisotopic (exact) mass is 542 g/mol. The van der Waals surface area contributed by atoms with Crippen molar-refractivity contribution in [3.05, 3.63) is 114 Å². The third-order valence-electron chi connectivity index (χ3n) is 6.92. The summed E-state index contributed by atoms with van der Waals surface area (Å²) in [5, 5.41) is 5.15. The highest BCUT2D eigenvalue weighted by atomic mass is 32.2. The molecule has 1 amide bonds. The summed E-state index contributed by atoms with van der Waals surface area (Å²) in [7, 11) is -4.22. The summed E-state index contributed by atoms with van der Waals surface area (Å²) in [5.74, 6) is -0.424. The van der Waals surface area contributed by atoms with Crippen LogP contribution < -0.4 is 5.32 Å². The van der Waals surface area contributed by atoms with E-state index in [-0.39, 0.29) is 17.1 Å². The molecule has 7 heteroatoms. The molecule has 3 aromatic carbocycles. The minimum atomic E-state index is -4.22. The van der Waals surface area contributed by atoms with Crippen LogP contribution in [-0.4, -0.2) is 41.5 Å². The number of benzene rings is 3. The number of nitrogens with one attached hydrogen (secondary N) is 1. The molecule has 0 unspecified atom stereocenters. The molecule has 1 aliphatic rings. The Morgan fingerprint density at radius 2 is 1.64 bits per heavy atom. The third-order valence-corrected chi connectivity index (χ3v) is 7.70. The maximum Gasteiger partial charge on any atom is 0.228 e. The standard InChI is InChI=1S/C32H34N2O4S/c1-32(2)29(18-8-3-4-11-21-33-30(35)24-25-14-6-5-7-15-25)34(22-12-13-23-39(36,37)38)28-20-19-26-16-9-10-17-27(26)31(28)32/h3-11,14-21H,12-13,22-24H2,1-2H3,(H,36,37,38). The Balaban J connectivity index is 1.49. The van der Waals surface area contributed by atoms with Crippen LogP contribution in [0, 0.1) is 0 Å². The Morgan fingerprint density at radius 1 is 0.923 bits per heavy atom. The Kier molecular flexibility index (Phi) is 8.94. The fraction of sp³-hybridized carbons (Fsp3) is 0.250. The molecule has 3 aromatic rings. The molecule has 0 spiro atoms. The second-order valence-electron chi connectivity index (χ2n) is 10.1. The molecule has 1 heterocycles. The molecule has 0 bridgehead atoms. The number of unbranched alkanes of at least 4 members (excludes halogenated alkanes) is 1. The van der Waals surface area contributed by atoms with Gasteiger partial charge in [-0.15, -0.1) is 0 Å². The van der Waals surface area contributed by atoms with E-state index in [2.05, 4.69) is 54.1 Å². The average molecular weight is 543 g/mol. The summed E-state index contributed by atoms with van der Waals surface area (Å²) >= 11 is 0. The molecule has 0 atom stereocenters. The van der Waals surface area contributed by atoms with Gasteiger partial charge in [-0.2, -0.15) is 4.58 Å². The van der Waals surface area contributed by atoms with Gasteiger partial charge in [-0.25, -0.2) is 8.42 Å². The fourth-order valence-corrected chi connectivity index (χ4v) is 5.69. The van der Waals surface area contributed by atoms with E-state index >= 15 is 0 Å². The molecule has 0 aromatic heterocycles. The van der Waals surface area contributed by atoms with Crippen molar-refractivity contribution in [1.29, 1.82) is 0 Å². The first-order valence-electron chi connectivity index (χ1n) is 13.1. The number of nitrogens with zero attached hydrogens (tertiary/aromatic N) is 1. The van der Waals surface area contributed by atoms with Gasteiger partial charge >= 0.3 is 0 Å². The Labute approximate surface area is 230 Å². The van der Waals surface area contributed by atoms with Crippen LogP contribution in [0.4, 0.5) is 5.69 Å². The topological polar surface area (TPSA) is 89.3 Å². The second kappa shape index (κ2) is 12.4. The zero-order chi connectivity index (χ0) is 27.9. The van der Waals surface area contributed by atoms with Gasteiger partial charge in [-0.3, -0.25) is 4.79 Å². The lowest BCUT2D eigenvalue weighted by Gasteiger charge is -2.17. The summed E-state index contributed by atoms with van der Waals surface area (Å²) in [6.07, 6.45) is 12.5. The molecule has 0 aliphatic carbocycles. The highest BCUT2D eigenvalue weighted by molar-refractivity contribution is 7.85. The van der Waals surface area contributed by atoms with Crippen LogP contribution in [0.15, 0.2) is 103 Å². The smallest absolute Gasteiger partial charge is 0.228 e. The molecule has 202 valence electrons. The van der Waals surface area contributed by atoms with E-state index in [1.165, 1.54) is 16.3 Å². The van der Waals surface area contributed by atoms with Gasteiger partial charge in [0, 0.05) is 36.1 Å². The molecule has 0 saturated heterocycles. The van der Waals surface area contributed by atoms with Crippen molar-refractivity contribution in [2.75, 3.05) is 12.3 Å². The molecule has 1 aliphatic heterocycles. The van der Waals surface area contributed by atoms with Crippen molar-refractivity contribution in [1.82, 2.24) is 5.32 Å². The van der Waals surface area contributed by atoms with E-state index in [1.807, 2.05) is 60.7 Å². The maximum atomic E-state index is 12.1. The van der Waals surface area contributed by atoms with Crippen LogP contribution in [0.2, 0.25) is 0 Å². The number of hydrogen-bond donors (Lipinski definition) is 1. The van der Waals surface area contributed by atoms with Crippen LogP contribution in [-0.2, 0) is 26.7 Å². The fourth-order valence-electron chi connectivity index (χ4n) is 5.13. The Bertz CT molecular complexity index is 1570. The molecule has 39 heavy (non-hydrogen) atoms. The van der Waals surface area contributed by atoms with E-state index in [4.69, 9.17) is 0 Å². The van der Waals surface area contributed by atoms with E-state index < -0.39 is 10.1 Å². The summed E-state index contributed by atoms with van der Waals surface area (Å²) in [4.78, 5) is 12.1. The largest absolute Gasteiger partial charge is 0.748 e. The van der Waals surface area contributed by atoms with Gasteiger partial charge in [0.15, 0.2) is 5.71 Å². The SMILES string of the molecule is CC1(C)C(/C=C/C=C/C=C/NC(=O)Cc2ccccc2)=[N+](CCCCS(=O)(=O)[O-])c2ccc3ccccc3c21. The van der Waals surface area contributed by atoms with Crippen LogP contribution in [0.25, 0.3) is 10.8 Å². The summed E-state index contributed by atoms with van der Waals surface area (Å²) in [6.45, 7) is 5.01. The molecule has 4 rings (SSSR count). The number of carbonyl (C=O) groups excluding carboxylic acids is 1. The van der Waals surface area contributed by atoms with Gasteiger partial charge in [0.25, 0.3) is 0 Å². The van der Waals surface area contributed by atoms with Crippen molar-refractivity contribution in [3.63, 3.8) is 0 Å². The second-order valence-corrected chi connectivity index (χ2v) is 11.7. The van der Waals surface area contributed by atoms with Gasteiger partial charge in [0.05, 0.1) is 22.0 Å². The quantitative estimate of drug-likeness (QED) is 0.149. The Morgan fingerprint density at radius 3 is 2.41 bits per heavy atom. The lowest BCUT2D eigenvalue weighted by molar-refractivity contribution is -0.438. The normalized spacial score (nSPS) is 15.2. The summed E-state index contributed by atoms with van der Waals surface area (Å²) in [6, 6.07) is 22.2. The van der Waals surface area contributed by atoms with Crippen molar-refractivity contribution in [2.24, 2.45) is 0 Å². The molecular weight excluding hydrogens is 508 g/mol. The average Bonchev–Trinajstić information content (AvgIpc) is 3.12. The van der Waals surface area contributed by atoms with Gasteiger partial charge in [0.2, 0.25) is 11.6 Å². The molecule has 6 nitrogen and oxygen atoms in total. The van der Waals surface area contributed by atoms with Crippen molar-refractivity contribution < 1.29 is 22.3 Å². The number of hydrogen-bond acceptors (Lipinski definition) is 4. The zero-order valence-corrected chi connectivity index (χ0v) is 23.2. The minimum absolute atomic E-state index is 0.0740. The lowest BCUT2D eigenvalue weighted by Crippen LogP contribution is -2.28. The van der Waals surface area contributed by atoms with E-state index in [9.17, 15) is 17.8 Å². The number of carbonyl (C=O) groups is 1. The van der Waals surface area contributed by atoms with E-state index in [0.29, 0.717) is 25.8 Å². The highest BCUT2D eigenvalue weighted by Gasteiger charge is 2.45. The van der Waals surface area contributed by atoms with Crippen LogP contribution in [0.3, 0.4) is 0 Å². The maximum absolute atomic E-state index is 12.1. The third kappa shape index (κ3) is 7.19. The minimum Gasteiger partial charge on any atom is -0.748 e. The van der Waals surface area contributed by atoms with Gasteiger partial charge in [-0.1, -0.05) is 72.8 Å². The first-order valence-corrected chi connectivity index (χ1v) is 14.7. The van der Waals surface area contributed by atoms with Crippen LogP contribution in [0.1, 0.15) is 37.8 Å². The van der Waals surface area contributed by atoms with Gasteiger partial charge in [-0.05, 0) is 48.7 Å². The lowest BCUT2D eigenvalue weighted by atomic mass is 9.79. The molecular formula is C32H34N2O4S. The Hall–Kier alpha value is -3.81. The van der Waals surface area contributed by atoms with Gasteiger partial charge in [0.1, 0.15) is 6.54 Å². The van der Waals surface area contributed by atoms with E-state index in [0.717, 1.165) is 17.0 Å². The first kappa shape index (κ1) is 28.2. The molecule has 0 fully saturated rings.